The molecule has 6 nitrogen and oxygen atoms in total. The highest BCUT2D eigenvalue weighted by Crippen LogP contribution is 2.15. The van der Waals surface area contributed by atoms with Gasteiger partial charge in [-0.1, -0.05) is 38.1 Å². The Hall–Kier alpha value is -2.89. The molecule has 0 spiro atoms. The van der Waals surface area contributed by atoms with E-state index in [1.165, 1.54) is 4.90 Å². The van der Waals surface area contributed by atoms with Crippen molar-refractivity contribution in [2.45, 2.75) is 20.3 Å². The Bertz CT molecular complexity index is 674. The molecule has 2 aromatic rings. The maximum atomic E-state index is 12.4. The Morgan fingerprint density at radius 2 is 1.76 bits per heavy atom. The van der Waals surface area contributed by atoms with Gasteiger partial charge in [0, 0.05) is 30.5 Å². The highest BCUT2D eigenvalue weighted by Gasteiger charge is 2.18. The van der Waals surface area contributed by atoms with Crippen molar-refractivity contribution in [1.82, 2.24) is 4.98 Å². The summed E-state index contributed by atoms with van der Waals surface area (Å²) >= 11 is 0. The van der Waals surface area contributed by atoms with Gasteiger partial charge in [-0.2, -0.15) is 0 Å². The number of ether oxygens (including phenoxy) is 2. The minimum atomic E-state index is -0.571. The van der Waals surface area contributed by atoms with Gasteiger partial charge < -0.3 is 9.47 Å². The first-order valence-electron chi connectivity index (χ1n) is 8.14. The van der Waals surface area contributed by atoms with Gasteiger partial charge in [-0.3, -0.25) is 14.7 Å². The van der Waals surface area contributed by atoms with Crippen molar-refractivity contribution in [3.05, 3.63) is 60.4 Å². The van der Waals surface area contributed by atoms with Gasteiger partial charge in [0.1, 0.15) is 0 Å². The zero-order valence-corrected chi connectivity index (χ0v) is 14.4. The van der Waals surface area contributed by atoms with Gasteiger partial charge in [-0.05, 0) is 24.3 Å². The average molecular weight is 342 g/mol. The third kappa shape index (κ3) is 5.91. The summed E-state index contributed by atoms with van der Waals surface area (Å²) in [5, 5.41) is 0. The van der Waals surface area contributed by atoms with E-state index in [0.29, 0.717) is 18.7 Å². The van der Waals surface area contributed by atoms with Crippen LogP contribution in [0.4, 0.5) is 10.5 Å². The van der Waals surface area contributed by atoms with Crippen LogP contribution in [0.1, 0.15) is 19.5 Å². The molecule has 25 heavy (non-hydrogen) atoms. The van der Waals surface area contributed by atoms with Crippen molar-refractivity contribution >= 4 is 17.7 Å². The lowest BCUT2D eigenvalue weighted by atomic mass is 10.2. The van der Waals surface area contributed by atoms with Crippen LogP contribution in [-0.2, 0) is 20.7 Å². The molecule has 0 atom stereocenters. The number of amides is 1. The maximum Gasteiger partial charge on any atom is 0.417 e. The lowest BCUT2D eigenvalue weighted by Crippen LogP contribution is -2.34. The molecule has 0 fully saturated rings. The molecular formula is C19H22N2O4. The van der Waals surface area contributed by atoms with Gasteiger partial charge >= 0.3 is 12.1 Å². The number of rotatable bonds is 7. The van der Waals surface area contributed by atoms with E-state index in [1.54, 1.807) is 20.0 Å². The van der Waals surface area contributed by atoms with Gasteiger partial charge in [-0.15, -0.1) is 0 Å². The Morgan fingerprint density at radius 3 is 2.40 bits per heavy atom. The van der Waals surface area contributed by atoms with E-state index in [9.17, 15) is 9.59 Å². The van der Waals surface area contributed by atoms with Crippen molar-refractivity contribution in [3.8, 4) is 0 Å². The topological polar surface area (TPSA) is 68.7 Å². The number of carbonyl (C=O) groups excluding carboxylic acids is 2. The summed E-state index contributed by atoms with van der Waals surface area (Å²) in [4.78, 5) is 29.6. The van der Waals surface area contributed by atoms with Crippen LogP contribution >= 0.6 is 0 Å². The molecule has 0 aliphatic rings. The molecule has 1 aromatic carbocycles. The summed E-state index contributed by atoms with van der Waals surface area (Å²) in [5.74, 6) is -0.680. The Balaban J connectivity index is 1.99. The molecule has 1 aromatic heterocycles. The summed E-state index contributed by atoms with van der Waals surface area (Å²) in [6, 6.07) is 14.8. The van der Waals surface area contributed by atoms with Crippen LogP contribution in [0.5, 0.6) is 0 Å². The predicted molar refractivity (Wildman–Crippen MR) is 94.0 cm³/mol. The van der Waals surface area contributed by atoms with Gasteiger partial charge in [0.05, 0.1) is 5.92 Å². The SMILES string of the molecule is CC(C)C(=O)OCOC(=O)N(CCc1ccccn1)c1ccccc1. The summed E-state index contributed by atoms with van der Waals surface area (Å²) in [6.07, 6.45) is 1.72. The fraction of sp³-hybridized carbons (Fsp3) is 0.316. The number of nitrogens with zero attached hydrogens (tertiary/aromatic N) is 2. The largest absolute Gasteiger partial charge is 0.428 e. The molecule has 0 bridgehead atoms. The van der Waals surface area contributed by atoms with Crippen molar-refractivity contribution < 1.29 is 19.1 Å². The van der Waals surface area contributed by atoms with Crippen molar-refractivity contribution in [2.24, 2.45) is 5.92 Å². The van der Waals surface area contributed by atoms with Crippen LogP contribution in [0.2, 0.25) is 0 Å². The highest BCUT2D eigenvalue weighted by atomic mass is 16.7. The van der Waals surface area contributed by atoms with Crippen LogP contribution in [0, 0.1) is 5.92 Å². The number of esters is 1. The monoisotopic (exact) mass is 342 g/mol. The number of hydrogen-bond donors (Lipinski definition) is 0. The summed E-state index contributed by atoms with van der Waals surface area (Å²) in [6.45, 7) is 3.43. The molecular weight excluding hydrogens is 320 g/mol. The van der Waals surface area contributed by atoms with Crippen LogP contribution in [0.25, 0.3) is 0 Å². The molecule has 6 heteroatoms. The third-order valence-electron chi connectivity index (χ3n) is 3.46. The molecule has 0 unspecified atom stereocenters. The van der Waals surface area contributed by atoms with E-state index in [1.807, 2.05) is 48.5 Å². The zero-order chi connectivity index (χ0) is 18.1. The van der Waals surface area contributed by atoms with Gasteiger partial charge in [0.2, 0.25) is 6.79 Å². The minimum absolute atomic E-state index is 0.270. The number of para-hydroxylation sites is 1. The van der Waals surface area contributed by atoms with Crippen molar-refractivity contribution in [2.75, 3.05) is 18.2 Å². The lowest BCUT2D eigenvalue weighted by Gasteiger charge is -2.22. The number of hydrogen-bond acceptors (Lipinski definition) is 5. The van der Waals surface area contributed by atoms with E-state index < -0.39 is 18.9 Å². The van der Waals surface area contributed by atoms with Crippen LogP contribution in [0.3, 0.4) is 0 Å². The summed E-state index contributed by atoms with van der Waals surface area (Å²) in [5.41, 5.74) is 1.58. The molecule has 132 valence electrons. The van der Waals surface area contributed by atoms with Gasteiger partial charge in [0.25, 0.3) is 0 Å². The minimum Gasteiger partial charge on any atom is -0.428 e. The van der Waals surface area contributed by atoms with Crippen LogP contribution < -0.4 is 4.90 Å². The van der Waals surface area contributed by atoms with Gasteiger partial charge in [-0.25, -0.2) is 4.79 Å². The lowest BCUT2D eigenvalue weighted by molar-refractivity contribution is -0.155. The normalized spacial score (nSPS) is 10.4. The predicted octanol–water partition coefficient (Wildman–Crippen LogP) is 3.42. The molecule has 0 aliphatic carbocycles. The number of aromatic nitrogens is 1. The fourth-order valence-electron chi connectivity index (χ4n) is 2.09. The summed E-state index contributed by atoms with van der Waals surface area (Å²) < 4.78 is 9.99. The second-order valence-corrected chi connectivity index (χ2v) is 5.70. The number of pyridine rings is 1. The number of anilines is 1. The second-order valence-electron chi connectivity index (χ2n) is 5.70. The molecule has 0 N–H and O–H groups in total. The first-order chi connectivity index (χ1) is 12.1. The zero-order valence-electron chi connectivity index (χ0n) is 14.4. The highest BCUT2D eigenvalue weighted by molar-refractivity contribution is 5.87. The number of benzene rings is 1. The van der Waals surface area contributed by atoms with E-state index in [2.05, 4.69) is 4.98 Å². The van der Waals surface area contributed by atoms with E-state index in [4.69, 9.17) is 9.47 Å². The molecule has 0 radical (unpaired) electrons. The Labute approximate surface area is 147 Å². The molecule has 0 saturated heterocycles. The summed E-state index contributed by atoms with van der Waals surface area (Å²) in [7, 11) is 0. The molecule has 1 amide bonds. The Kier molecular flexibility index (Phi) is 6.95. The van der Waals surface area contributed by atoms with Crippen LogP contribution in [0.15, 0.2) is 54.7 Å². The average Bonchev–Trinajstić information content (AvgIpc) is 2.63. The van der Waals surface area contributed by atoms with Crippen LogP contribution in [-0.4, -0.2) is 30.4 Å². The fourth-order valence-corrected chi connectivity index (χ4v) is 2.09. The van der Waals surface area contributed by atoms with E-state index >= 15 is 0 Å². The molecule has 0 aliphatic heterocycles. The molecule has 1 heterocycles. The maximum absolute atomic E-state index is 12.4. The van der Waals surface area contributed by atoms with E-state index in [-0.39, 0.29) is 5.92 Å². The second kappa shape index (κ2) is 9.42. The standard InChI is InChI=1S/C19H22N2O4/c1-15(2)18(22)24-14-25-19(23)21(17-9-4-3-5-10-17)13-11-16-8-6-7-12-20-16/h3-10,12,15H,11,13-14H2,1-2H3. The third-order valence-corrected chi connectivity index (χ3v) is 3.46. The molecule has 0 saturated carbocycles. The van der Waals surface area contributed by atoms with Crippen molar-refractivity contribution in [3.63, 3.8) is 0 Å². The van der Waals surface area contributed by atoms with Crippen molar-refractivity contribution in [1.29, 1.82) is 0 Å². The Morgan fingerprint density at radius 1 is 1.04 bits per heavy atom. The first-order valence-corrected chi connectivity index (χ1v) is 8.14. The quantitative estimate of drug-likeness (QED) is 0.570. The first kappa shape index (κ1) is 18.4. The van der Waals surface area contributed by atoms with Gasteiger partial charge in [0.15, 0.2) is 0 Å². The van der Waals surface area contributed by atoms with E-state index in [0.717, 1.165) is 5.69 Å². The number of carbonyl (C=O) groups is 2. The smallest absolute Gasteiger partial charge is 0.417 e. The molecule has 2 rings (SSSR count).